The third-order valence-corrected chi connectivity index (χ3v) is 2.10. The smallest absolute Gasteiger partial charge is 0.138 e. The number of rotatable bonds is 3. The number of hydrogen-bond donors (Lipinski definition) is 2. The van der Waals surface area contributed by atoms with E-state index in [1.165, 1.54) is 0 Å². The van der Waals surface area contributed by atoms with Gasteiger partial charge in [0.25, 0.3) is 0 Å². The van der Waals surface area contributed by atoms with Crippen LogP contribution in [0, 0.1) is 0 Å². The molecule has 0 atom stereocenters. The molecule has 0 aromatic heterocycles. The van der Waals surface area contributed by atoms with Gasteiger partial charge >= 0.3 is 0 Å². The van der Waals surface area contributed by atoms with Crippen LogP contribution in [0.15, 0.2) is 24.8 Å². The van der Waals surface area contributed by atoms with E-state index in [0.29, 0.717) is 0 Å². The Balaban J connectivity index is 3.06. The molecule has 1 aromatic rings. The number of nitrogens with one attached hydrogen (secondary N) is 1. The lowest BCUT2D eigenvalue weighted by atomic mass is 10.0. The van der Waals surface area contributed by atoms with E-state index in [4.69, 9.17) is 0 Å². The predicted molar refractivity (Wildman–Crippen MR) is 57.0 cm³/mol. The van der Waals surface area contributed by atoms with Crippen molar-refractivity contribution in [2.24, 2.45) is 0 Å². The van der Waals surface area contributed by atoms with Gasteiger partial charge in [0, 0.05) is 7.05 Å². The quantitative estimate of drug-likeness (QED) is 0.696. The molecule has 1 aromatic carbocycles. The summed E-state index contributed by atoms with van der Waals surface area (Å²) in [5.74, 6) is 0.273. The Labute approximate surface area is 78.9 Å². The topological polar surface area (TPSA) is 32.3 Å². The van der Waals surface area contributed by atoms with Crippen molar-refractivity contribution in [3.05, 3.63) is 30.3 Å². The number of allylic oxidation sites excluding steroid dienone is 1. The van der Waals surface area contributed by atoms with Gasteiger partial charge in [0.15, 0.2) is 0 Å². The first-order valence-corrected chi connectivity index (χ1v) is 4.38. The highest BCUT2D eigenvalue weighted by molar-refractivity contribution is 5.69. The normalized spacial score (nSPS) is 9.69. The second kappa shape index (κ2) is 3.99. The van der Waals surface area contributed by atoms with Crippen molar-refractivity contribution in [3.8, 4) is 5.75 Å². The number of phenols is 1. The van der Waals surface area contributed by atoms with Crippen LogP contribution < -0.4 is 5.32 Å². The lowest BCUT2D eigenvalue weighted by molar-refractivity contribution is 0.477. The van der Waals surface area contributed by atoms with Gasteiger partial charge < -0.3 is 10.4 Å². The zero-order valence-corrected chi connectivity index (χ0v) is 8.09. The molecule has 1 rings (SSSR count). The van der Waals surface area contributed by atoms with Gasteiger partial charge in [-0.15, -0.1) is 0 Å². The maximum absolute atomic E-state index is 9.40. The Kier molecular flexibility index (Phi) is 2.96. The molecule has 70 valence electrons. The number of anilines is 1. The summed E-state index contributed by atoms with van der Waals surface area (Å²) in [7, 11) is 1.79. The SMILES string of the molecule is C=C(CC)c1ccc(O)c(NC)c1. The maximum atomic E-state index is 9.40. The van der Waals surface area contributed by atoms with Gasteiger partial charge in [0.05, 0.1) is 5.69 Å². The lowest BCUT2D eigenvalue weighted by Gasteiger charge is -2.07. The third-order valence-electron chi connectivity index (χ3n) is 2.10. The molecule has 13 heavy (non-hydrogen) atoms. The third kappa shape index (κ3) is 2.02. The molecule has 0 fully saturated rings. The molecule has 2 N–H and O–H groups in total. The molecule has 0 amide bonds. The summed E-state index contributed by atoms with van der Waals surface area (Å²) in [5.41, 5.74) is 2.90. The molecule has 0 heterocycles. The first-order valence-electron chi connectivity index (χ1n) is 4.38. The predicted octanol–water partition coefficient (Wildman–Crippen LogP) is 2.86. The van der Waals surface area contributed by atoms with Gasteiger partial charge in [-0.2, -0.15) is 0 Å². The van der Waals surface area contributed by atoms with Crippen LogP contribution >= 0.6 is 0 Å². The Bertz CT molecular complexity index is 318. The Morgan fingerprint density at radius 3 is 2.77 bits per heavy atom. The Morgan fingerprint density at radius 2 is 2.23 bits per heavy atom. The van der Waals surface area contributed by atoms with Gasteiger partial charge in [0.2, 0.25) is 0 Å². The van der Waals surface area contributed by atoms with E-state index in [-0.39, 0.29) is 5.75 Å². The number of benzene rings is 1. The molecular formula is C11H15NO. The fraction of sp³-hybridized carbons (Fsp3) is 0.273. The van der Waals surface area contributed by atoms with Crippen LogP contribution in [0.3, 0.4) is 0 Å². The molecule has 0 spiro atoms. The molecule has 2 nitrogen and oxygen atoms in total. The molecule has 0 radical (unpaired) electrons. The summed E-state index contributed by atoms with van der Waals surface area (Å²) in [6.45, 7) is 6.00. The van der Waals surface area contributed by atoms with Crippen LogP contribution in [0.2, 0.25) is 0 Å². The van der Waals surface area contributed by atoms with Gasteiger partial charge in [-0.25, -0.2) is 0 Å². The zero-order valence-electron chi connectivity index (χ0n) is 8.09. The van der Waals surface area contributed by atoms with Crippen molar-refractivity contribution >= 4 is 11.3 Å². The first-order chi connectivity index (χ1) is 6.19. The summed E-state index contributed by atoms with van der Waals surface area (Å²) < 4.78 is 0. The number of phenolic OH excluding ortho intramolecular Hbond substituents is 1. The van der Waals surface area contributed by atoms with Gasteiger partial charge in [-0.3, -0.25) is 0 Å². The van der Waals surface area contributed by atoms with E-state index in [1.54, 1.807) is 13.1 Å². The van der Waals surface area contributed by atoms with Crippen molar-refractivity contribution in [2.45, 2.75) is 13.3 Å². The van der Waals surface area contributed by atoms with Crippen LogP contribution in [0.25, 0.3) is 5.57 Å². The second-order valence-electron chi connectivity index (χ2n) is 2.94. The minimum Gasteiger partial charge on any atom is -0.506 e. The molecule has 0 saturated heterocycles. The first kappa shape index (κ1) is 9.65. The van der Waals surface area contributed by atoms with Crippen LogP contribution in [0.4, 0.5) is 5.69 Å². The van der Waals surface area contributed by atoms with Crippen molar-refractivity contribution < 1.29 is 5.11 Å². The van der Waals surface area contributed by atoms with Crippen LogP contribution in [0.5, 0.6) is 5.75 Å². The van der Waals surface area contributed by atoms with Crippen LogP contribution in [-0.2, 0) is 0 Å². The van der Waals surface area contributed by atoms with E-state index in [9.17, 15) is 5.11 Å². The van der Waals surface area contributed by atoms with Gasteiger partial charge in [-0.05, 0) is 29.7 Å². The summed E-state index contributed by atoms with van der Waals surface area (Å²) in [6, 6.07) is 5.46. The van der Waals surface area contributed by atoms with Crippen molar-refractivity contribution in [3.63, 3.8) is 0 Å². The van der Waals surface area contributed by atoms with Crippen LogP contribution in [0.1, 0.15) is 18.9 Å². The maximum Gasteiger partial charge on any atom is 0.138 e. The van der Waals surface area contributed by atoms with E-state index < -0.39 is 0 Å². The molecule has 0 aliphatic rings. The molecule has 2 heteroatoms. The summed E-state index contributed by atoms with van der Waals surface area (Å²) in [6.07, 6.45) is 0.925. The standard InChI is InChI=1S/C11H15NO/c1-4-8(2)9-5-6-11(13)10(7-9)12-3/h5-7,12-13H,2,4H2,1,3H3. The summed E-state index contributed by atoms with van der Waals surface area (Å²) in [5, 5.41) is 12.3. The van der Waals surface area contributed by atoms with Gasteiger partial charge in [-0.1, -0.05) is 19.6 Å². The Morgan fingerprint density at radius 1 is 1.54 bits per heavy atom. The highest BCUT2D eigenvalue weighted by Gasteiger charge is 2.01. The fourth-order valence-corrected chi connectivity index (χ4v) is 1.16. The zero-order chi connectivity index (χ0) is 9.84. The molecule has 0 bridgehead atoms. The lowest BCUT2D eigenvalue weighted by Crippen LogP contribution is -1.90. The molecule has 0 aliphatic carbocycles. The summed E-state index contributed by atoms with van der Waals surface area (Å²) >= 11 is 0. The number of aromatic hydroxyl groups is 1. The van der Waals surface area contributed by atoms with E-state index in [0.717, 1.165) is 23.2 Å². The van der Waals surface area contributed by atoms with Gasteiger partial charge in [0.1, 0.15) is 5.75 Å². The summed E-state index contributed by atoms with van der Waals surface area (Å²) in [4.78, 5) is 0. The molecule has 0 saturated carbocycles. The monoisotopic (exact) mass is 177 g/mol. The molecule has 0 aliphatic heterocycles. The molecular weight excluding hydrogens is 162 g/mol. The Hall–Kier alpha value is -1.44. The van der Waals surface area contributed by atoms with Crippen molar-refractivity contribution in [2.75, 3.05) is 12.4 Å². The molecule has 0 unspecified atom stereocenters. The van der Waals surface area contributed by atoms with E-state index in [1.807, 2.05) is 12.1 Å². The van der Waals surface area contributed by atoms with E-state index >= 15 is 0 Å². The average molecular weight is 177 g/mol. The van der Waals surface area contributed by atoms with Crippen molar-refractivity contribution in [1.29, 1.82) is 0 Å². The minimum absolute atomic E-state index is 0.273. The largest absolute Gasteiger partial charge is 0.506 e. The van der Waals surface area contributed by atoms with Crippen LogP contribution in [-0.4, -0.2) is 12.2 Å². The van der Waals surface area contributed by atoms with E-state index in [2.05, 4.69) is 18.8 Å². The minimum atomic E-state index is 0.273. The average Bonchev–Trinajstić information content (AvgIpc) is 2.17. The number of hydrogen-bond acceptors (Lipinski definition) is 2. The fourth-order valence-electron chi connectivity index (χ4n) is 1.16. The van der Waals surface area contributed by atoms with Crippen molar-refractivity contribution in [1.82, 2.24) is 0 Å². The highest BCUT2D eigenvalue weighted by atomic mass is 16.3. The second-order valence-corrected chi connectivity index (χ2v) is 2.94. The highest BCUT2D eigenvalue weighted by Crippen LogP contribution is 2.27.